The molecule has 2 fully saturated rings. The van der Waals surface area contributed by atoms with E-state index in [2.05, 4.69) is 13.8 Å². The maximum Gasteiger partial charge on any atom is 0.306 e. The highest BCUT2D eigenvalue weighted by atomic mass is 16.4. The van der Waals surface area contributed by atoms with Crippen molar-refractivity contribution in [2.45, 2.75) is 78.1 Å². The molecule has 20 heavy (non-hydrogen) atoms. The van der Waals surface area contributed by atoms with Crippen molar-refractivity contribution < 1.29 is 9.90 Å². The maximum atomic E-state index is 11.7. The van der Waals surface area contributed by atoms with Gasteiger partial charge in [-0.05, 0) is 49.4 Å². The van der Waals surface area contributed by atoms with E-state index in [9.17, 15) is 9.90 Å². The number of hydrogen-bond donors (Lipinski definition) is 1. The van der Waals surface area contributed by atoms with Crippen LogP contribution in [0.4, 0.5) is 0 Å². The Bertz CT molecular complexity index is 313. The number of aliphatic carboxylic acids is 1. The molecule has 0 aromatic heterocycles. The normalized spacial score (nSPS) is 38.6. The second-order valence-corrected chi connectivity index (χ2v) is 7.19. The molecular formula is C18H32O2. The van der Waals surface area contributed by atoms with Crippen molar-refractivity contribution in [1.29, 1.82) is 0 Å². The molecule has 0 aliphatic heterocycles. The van der Waals surface area contributed by atoms with Crippen LogP contribution in [0.5, 0.6) is 0 Å². The van der Waals surface area contributed by atoms with E-state index in [1.165, 1.54) is 51.4 Å². The minimum atomic E-state index is -0.523. The number of hydrogen-bond acceptors (Lipinski definition) is 1. The van der Waals surface area contributed by atoms with Gasteiger partial charge in [-0.2, -0.15) is 0 Å². The summed E-state index contributed by atoms with van der Waals surface area (Å²) in [4.78, 5) is 11.7. The van der Waals surface area contributed by atoms with Crippen molar-refractivity contribution >= 4 is 5.97 Å². The molecule has 1 N–H and O–H groups in total. The first-order chi connectivity index (χ1) is 9.67. The number of carboxylic acids is 1. The Hall–Kier alpha value is -0.530. The molecule has 0 saturated heterocycles. The monoisotopic (exact) mass is 280 g/mol. The van der Waals surface area contributed by atoms with Gasteiger partial charge in [0, 0.05) is 0 Å². The van der Waals surface area contributed by atoms with Crippen molar-refractivity contribution in [3.63, 3.8) is 0 Å². The maximum absolute atomic E-state index is 11.7. The third kappa shape index (κ3) is 3.56. The molecule has 0 aromatic rings. The van der Waals surface area contributed by atoms with Gasteiger partial charge < -0.3 is 5.11 Å². The van der Waals surface area contributed by atoms with Crippen LogP contribution in [0.25, 0.3) is 0 Å². The van der Waals surface area contributed by atoms with Gasteiger partial charge in [0.05, 0.1) is 5.92 Å². The van der Waals surface area contributed by atoms with Crippen LogP contribution >= 0.6 is 0 Å². The van der Waals surface area contributed by atoms with Gasteiger partial charge in [-0.15, -0.1) is 0 Å². The fourth-order valence-corrected chi connectivity index (χ4v) is 5.05. The van der Waals surface area contributed by atoms with Crippen LogP contribution in [0.15, 0.2) is 0 Å². The highest BCUT2D eigenvalue weighted by Crippen LogP contribution is 2.47. The highest BCUT2D eigenvalue weighted by Gasteiger charge is 2.41. The molecule has 2 aliphatic carbocycles. The summed E-state index contributed by atoms with van der Waals surface area (Å²) in [5, 5.41) is 9.61. The van der Waals surface area contributed by atoms with Gasteiger partial charge in [0.25, 0.3) is 0 Å². The molecule has 2 rings (SSSR count). The molecule has 0 spiro atoms. The zero-order valence-corrected chi connectivity index (χ0v) is 13.3. The van der Waals surface area contributed by atoms with E-state index in [1.54, 1.807) is 0 Å². The SMILES string of the molecule is CCCC1CCC(C(=O)O)C(C2CCCCC2CC)C1. The Morgan fingerprint density at radius 3 is 2.45 bits per heavy atom. The zero-order valence-electron chi connectivity index (χ0n) is 13.3. The summed E-state index contributed by atoms with van der Waals surface area (Å²) in [6, 6.07) is 0. The summed E-state index contributed by atoms with van der Waals surface area (Å²) in [5.74, 6) is 2.15. The van der Waals surface area contributed by atoms with Gasteiger partial charge in [0.15, 0.2) is 0 Å². The molecule has 0 heterocycles. The first-order valence-corrected chi connectivity index (χ1v) is 8.90. The van der Waals surface area contributed by atoms with Gasteiger partial charge in [-0.1, -0.05) is 52.4 Å². The van der Waals surface area contributed by atoms with Crippen LogP contribution in [-0.2, 0) is 4.79 Å². The number of carbonyl (C=O) groups is 1. The van der Waals surface area contributed by atoms with Crippen LogP contribution in [-0.4, -0.2) is 11.1 Å². The van der Waals surface area contributed by atoms with Crippen molar-refractivity contribution in [3.05, 3.63) is 0 Å². The molecule has 0 bridgehead atoms. The van der Waals surface area contributed by atoms with Crippen LogP contribution < -0.4 is 0 Å². The van der Waals surface area contributed by atoms with Crippen LogP contribution in [0, 0.1) is 29.6 Å². The van der Waals surface area contributed by atoms with E-state index in [1.807, 2.05) is 0 Å². The molecule has 5 atom stereocenters. The van der Waals surface area contributed by atoms with E-state index in [4.69, 9.17) is 0 Å². The predicted molar refractivity (Wildman–Crippen MR) is 82.6 cm³/mol. The average molecular weight is 280 g/mol. The van der Waals surface area contributed by atoms with Gasteiger partial charge in [0.2, 0.25) is 0 Å². The quantitative estimate of drug-likeness (QED) is 0.759. The Balaban J connectivity index is 2.10. The summed E-state index contributed by atoms with van der Waals surface area (Å²) in [5.41, 5.74) is 0. The zero-order chi connectivity index (χ0) is 14.5. The molecule has 2 nitrogen and oxygen atoms in total. The first kappa shape index (κ1) is 15.9. The van der Waals surface area contributed by atoms with E-state index in [-0.39, 0.29) is 5.92 Å². The number of rotatable bonds is 5. The van der Waals surface area contributed by atoms with Gasteiger partial charge >= 0.3 is 5.97 Å². The van der Waals surface area contributed by atoms with Crippen molar-refractivity contribution in [2.24, 2.45) is 29.6 Å². The summed E-state index contributed by atoms with van der Waals surface area (Å²) in [7, 11) is 0. The third-order valence-electron chi connectivity index (χ3n) is 6.06. The molecule has 2 aliphatic rings. The van der Waals surface area contributed by atoms with Gasteiger partial charge in [-0.25, -0.2) is 0 Å². The molecule has 0 amide bonds. The van der Waals surface area contributed by atoms with Crippen LogP contribution in [0.2, 0.25) is 0 Å². The Labute approximate surface area is 124 Å². The summed E-state index contributed by atoms with van der Waals surface area (Å²) in [6.45, 7) is 4.55. The van der Waals surface area contributed by atoms with Crippen molar-refractivity contribution in [3.8, 4) is 0 Å². The fraction of sp³-hybridized carbons (Fsp3) is 0.944. The Morgan fingerprint density at radius 1 is 1.05 bits per heavy atom. The molecule has 116 valence electrons. The minimum Gasteiger partial charge on any atom is -0.481 e. The van der Waals surface area contributed by atoms with Crippen molar-refractivity contribution in [1.82, 2.24) is 0 Å². The van der Waals surface area contributed by atoms with E-state index in [0.29, 0.717) is 11.8 Å². The fourth-order valence-electron chi connectivity index (χ4n) is 5.05. The minimum absolute atomic E-state index is 0.0553. The van der Waals surface area contributed by atoms with E-state index >= 15 is 0 Å². The van der Waals surface area contributed by atoms with Gasteiger partial charge in [-0.3, -0.25) is 4.79 Å². The molecule has 0 aromatic carbocycles. The lowest BCUT2D eigenvalue weighted by molar-refractivity contribution is -0.147. The van der Waals surface area contributed by atoms with Crippen molar-refractivity contribution in [2.75, 3.05) is 0 Å². The molecule has 2 heteroatoms. The topological polar surface area (TPSA) is 37.3 Å². The molecule has 5 unspecified atom stereocenters. The highest BCUT2D eigenvalue weighted by molar-refractivity contribution is 5.70. The molecule has 2 saturated carbocycles. The number of carboxylic acid groups (broad SMARTS) is 1. The largest absolute Gasteiger partial charge is 0.481 e. The summed E-state index contributed by atoms with van der Waals surface area (Å²) in [6.07, 6.45) is 12.3. The van der Waals surface area contributed by atoms with Crippen LogP contribution in [0.1, 0.15) is 78.1 Å². The predicted octanol–water partition coefficient (Wildman–Crippen LogP) is 5.12. The average Bonchev–Trinajstić information content (AvgIpc) is 2.47. The van der Waals surface area contributed by atoms with E-state index < -0.39 is 5.97 Å². The Morgan fingerprint density at radius 2 is 1.80 bits per heavy atom. The molecule has 0 radical (unpaired) electrons. The van der Waals surface area contributed by atoms with E-state index in [0.717, 1.165) is 24.7 Å². The second-order valence-electron chi connectivity index (χ2n) is 7.19. The standard InChI is InChI=1S/C18H32O2/c1-3-7-13-10-11-16(18(19)20)17(12-13)15-9-6-5-8-14(15)4-2/h13-17H,3-12H2,1-2H3,(H,19,20). The lowest BCUT2D eigenvalue weighted by Crippen LogP contribution is -2.39. The smallest absolute Gasteiger partial charge is 0.306 e. The van der Waals surface area contributed by atoms with Gasteiger partial charge in [0.1, 0.15) is 0 Å². The second kappa shape index (κ2) is 7.47. The first-order valence-electron chi connectivity index (χ1n) is 8.90. The lowest BCUT2D eigenvalue weighted by Gasteiger charge is -2.43. The summed E-state index contributed by atoms with van der Waals surface area (Å²) < 4.78 is 0. The summed E-state index contributed by atoms with van der Waals surface area (Å²) >= 11 is 0. The Kier molecular flexibility index (Phi) is 5.92. The molecular weight excluding hydrogens is 248 g/mol. The third-order valence-corrected chi connectivity index (χ3v) is 6.06. The lowest BCUT2D eigenvalue weighted by atomic mass is 9.61. The van der Waals surface area contributed by atoms with Crippen LogP contribution in [0.3, 0.4) is 0 Å².